The highest BCUT2D eigenvalue weighted by atomic mass is 32.1. The fraction of sp³-hybridized carbons (Fsp3) is 0.444. The van der Waals surface area contributed by atoms with Crippen LogP contribution in [-0.2, 0) is 11.2 Å². The minimum Gasteiger partial charge on any atom is -0.359 e. The number of rotatable bonds is 3. The quantitative estimate of drug-likeness (QED) is 0.924. The lowest BCUT2D eigenvalue weighted by atomic mass is 9.96. The minimum atomic E-state index is 0.162. The van der Waals surface area contributed by atoms with Crippen LogP contribution in [0.1, 0.15) is 37.7 Å². The van der Waals surface area contributed by atoms with Crippen molar-refractivity contribution in [2.45, 2.75) is 44.6 Å². The number of likely N-dealkylation sites (N-methyl/N-ethyl adjacent to an activating group) is 1. The van der Waals surface area contributed by atoms with Gasteiger partial charge in [0.2, 0.25) is 5.91 Å². The fourth-order valence-electron chi connectivity index (χ4n) is 3.52. The number of carbonyl (C=O) groups excluding carboxylic acids is 1. The van der Waals surface area contributed by atoms with Gasteiger partial charge in [0.15, 0.2) is 5.13 Å². The summed E-state index contributed by atoms with van der Waals surface area (Å²) in [5, 5.41) is 6.70. The van der Waals surface area contributed by atoms with Crippen LogP contribution in [0.2, 0.25) is 0 Å². The smallest absolute Gasteiger partial charge is 0.231 e. The largest absolute Gasteiger partial charge is 0.359 e. The summed E-state index contributed by atoms with van der Waals surface area (Å²) in [5.41, 5.74) is 4.22. The summed E-state index contributed by atoms with van der Waals surface area (Å²) in [4.78, 5) is 18.3. The number of nitrogens with one attached hydrogen (secondary N) is 1. The van der Waals surface area contributed by atoms with E-state index in [0.717, 1.165) is 27.6 Å². The van der Waals surface area contributed by atoms with Gasteiger partial charge in [-0.1, -0.05) is 25.3 Å². The molecule has 2 heterocycles. The number of carbonyl (C=O) groups is 1. The molecule has 1 fully saturated rings. The standard InChI is InChI=1S/C18H21N3OS/c1-21-16-8-7-12(9-13(16)10-17(21)22)15-11-23-18(20-15)19-14-5-3-2-4-6-14/h7-9,11,14H,2-6,10H2,1H3,(H,19,20). The van der Waals surface area contributed by atoms with Gasteiger partial charge in [0, 0.05) is 29.7 Å². The Bertz CT molecular complexity index is 734. The molecule has 23 heavy (non-hydrogen) atoms. The molecule has 1 aliphatic heterocycles. The summed E-state index contributed by atoms with van der Waals surface area (Å²) < 4.78 is 0. The third kappa shape index (κ3) is 2.85. The van der Waals surface area contributed by atoms with E-state index < -0.39 is 0 Å². The first-order chi connectivity index (χ1) is 11.2. The van der Waals surface area contributed by atoms with Crippen LogP contribution < -0.4 is 10.2 Å². The lowest BCUT2D eigenvalue weighted by Crippen LogP contribution is -2.21. The molecule has 5 heteroatoms. The molecule has 2 aliphatic rings. The molecule has 120 valence electrons. The average Bonchev–Trinajstić information content (AvgIpc) is 3.14. The van der Waals surface area contributed by atoms with Gasteiger partial charge in [-0.05, 0) is 30.5 Å². The first kappa shape index (κ1) is 14.7. The zero-order valence-corrected chi connectivity index (χ0v) is 14.2. The highest BCUT2D eigenvalue weighted by Gasteiger charge is 2.24. The molecule has 0 bridgehead atoms. The van der Waals surface area contributed by atoms with Crippen LogP contribution in [0.15, 0.2) is 23.6 Å². The predicted octanol–water partition coefficient (Wildman–Crippen LogP) is 4.07. The topological polar surface area (TPSA) is 45.2 Å². The van der Waals surface area contributed by atoms with E-state index in [1.54, 1.807) is 16.2 Å². The van der Waals surface area contributed by atoms with E-state index in [0.29, 0.717) is 12.5 Å². The van der Waals surface area contributed by atoms with Gasteiger partial charge in [-0.25, -0.2) is 4.98 Å². The Kier molecular flexibility index (Phi) is 3.81. The van der Waals surface area contributed by atoms with Crippen molar-refractivity contribution in [3.63, 3.8) is 0 Å². The lowest BCUT2D eigenvalue weighted by Gasteiger charge is -2.22. The van der Waals surface area contributed by atoms with Gasteiger partial charge in [-0.15, -0.1) is 11.3 Å². The molecule has 1 amide bonds. The van der Waals surface area contributed by atoms with E-state index in [9.17, 15) is 4.79 Å². The molecule has 2 aromatic rings. The van der Waals surface area contributed by atoms with Crippen LogP contribution in [0.3, 0.4) is 0 Å². The van der Waals surface area contributed by atoms with Crippen LogP contribution in [-0.4, -0.2) is 24.0 Å². The van der Waals surface area contributed by atoms with Crippen LogP contribution in [0.5, 0.6) is 0 Å². The molecule has 0 saturated heterocycles. The maximum Gasteiger partial charge on any atom is 0.231 e. The summed E-state index contributed by atoms with van der Waals surface area (Å²) in [6, 6.07) is 6.78. The van der Waals surface area contributed by atoms with Crippen molar-refractivity contribution >= 4 is 28.1 Å². The first-order valence-electron chi connectivity index (χ1n) is 8.32. The Labute approximate surface area is 140 Å². The molecule has 4 rings (SSSR count). The number of aromatic nitrogens is 1. The van der Waals surface area contributed by atoms with Crippen molar-refractivity contribution < 1.29 is 4.79 Å². The number of thiazole rings is 1. The van der Waals surface area contributed by atoms with Gasteiger partial charge < -0.3 is 10.2 Å². The second-order valence-electron chi connectivity index (χ2n) is 6.49. The zero-order chi connectivity index (χ0) is 15.8. The first-order valence-corrected chi connectivity index (χ1v) is 9.20. The highest BCUT2D eigenvalue weighted by Crippen LogP contribution is 2.33. The third-order valence-electron chi connectivity index (χ3n) is 4.89. The monoisotopic (exact) mass is 327 g/mol. The Morgan fingerprint density at radius 3 is 2.91 bits per heavy atom. The van der Waals surface area contributed by atoms with Gasteiger partial charge in [-0.3, -0.25) is 4.79 Å². The summed E-state index contributed by atoms with van der Waals surface area (Å²) in [7, 11) is 1.84. The Balaban J connectivity index is 1.53. The lowest BCUT2D eigenvalue weighted by molar-refractivity contribution is -0.117. The number of fused-ring (bicyclic) bond motifs is 1. The zero-order valence-electron chi connectivity index (χ0n) is 13.3. The SMILES string of the molecule is CN1C(=O)Cc2cc(-c3csc(NC4CCCCC4)n3)ccc21. The second-order valence-corrected chi connectivity index (χ2v) is 7.35. The number of amides is 1. The number of benzene rings is 1. The van der Waals surface area contributed by atoms with Crippen molar-refractivity contribution in [1.29, 1.82) is 0 Å². The van der Waals surface area contributed by atoms with E-state index in [1.807, 2.05) is 13.1 Å². The van der Waals surface area contributed by atoms with Gasteiger partial charge in [-0.2, -0.15) is 0 Å². The molecule has 1 saturated carbocycles. The Hall–Kier alpha value is -1.88. The number of hydrogen-bond acceptors (Lipinski definition) is 4. The summed E-state index contributed by atoms with van der Waals surface area (Å²) in [6.45, 7) is 0. The van der Waals surface area contributed by atoms with E-state index >= 15 is 0 Å². The summed E-state index contributed by atoms with van der Waals surface area (Å²) in [6.07, 6.45) is 7.01. The van der Waals surface area contributed by atoms with Crippen molar-refractivity contribution in [3.05, 3.63) is 29.1 Å². The predicted molar refractivity (Wildman–Crippen MR) is 95.2 cm³/mol. The summed E-state index contributed by atoms with van der Waals surface area (Å²) in [5.74, 6) is 0.162. The van der Waals surface area contributed by atoms with Crippen LogP contribution in [0.25, 0.3) is 11.3 Å². The molecule has 0 unspecified atom stereocenters. The number of anilines is 2. The summed E-state index contributed by atoms with van der Waals surface area (Å²) >= 11 is 1.67. The third-order valence-corrected chi connectivity index (χ3v) is 5.66. The molecular formula is C18H21N3OS. The van der Waals surface area contributed by atoms with Crippen LogP contribution in [0.4, 0.5) is 10.8 Å². The molecule has 1 N–H and O–H groups in total. The second kappa shape index (κ2) is 5.96. The molecule has 1 aromatic carbocycles. The van der Waals surface area contributed by atoms with Gasteiger partial charge in [0.1, 0.15) is 0 Å². The molecule has 0 atom stereocenters. The maximum atomic E-state index is 11.8. The average molecular weight is 327 g/mol. The van der Waals surface area contributed by atoms with Crippen molar-refractivity contribution in [2.24, 2.45) is 0 Å². The van der Waals surface area contributed by atoms with E-state index in [-0.39, 0.29) is 5.91 Å². The number of nitrogens with zero attached hydrogens (tertiary/aromatic N) is 2. The van der Waals surface area contributed by atoms with Crippen molar-refractivity contribution in [3.8, 4) is 11.3 Å². The van der Waals surface area contributed by atoms with Gasteiger partial charge in [0.25, 0.3) is 0 Å². The fourth-order valence-corrected chi connectivity index (χ4v) is 4.32. The van der Waals surface area contributed by atoms with Crippen LogP contribution >= 0.6 is 11.3 Å². The van der Waals surface area contributed by atoms with Crippen molar-refractivity contribution in [2.75, 3.05) is 17.3 Å². The van der Waals surface area contributed by atoms with Crippen LogP contribution in [0, 0.1) is 0 Å². The minimum absolute atomic E-state index is 0.162. The molecule has 1 aliphatic carbocycles. The van der Waals surface area contributed by atoms with E-state index in [4.69, 9.17) is 4.98 Å². The van der Waals surface area contributed by atoms with E-state index in [2.05, 4.69) is 22.8 Å². The molecule has 4 nitrogen and oxygen atoms in total. The van der Waals surface area contributed by atoms with Gasteiger partial charge in [0.05, 0.1) is 12.1 Å². The Morgan fingerprint density at radius 2 is 2.09 bits per heavy atom. The maximum absolute atomic E-state index is 11.8. The Morgan fingerprint density at radius 1 is 1.26 bits per heavy atom. The van der Waals surface area contributed by atoms with Gasteiger partial charge >= 0.3 is 0 Å². The van der Waals surface area contributed by atoms with E-state index in [1.165, 1.54) is 32.1 Å². The molecule has 0 radical (unpaired) electrons. The number of hydrogen-bond donors (Lipinski definition) is 1. The normalized spacial score (nSPS) is 18.3. The molecule has 0 spiro atoms. The molecule has 1 aromatic heterocycles. The highest BCUT2D eigenvalue weighted by molar-refractivity contribution is 7.14. The van der Waals surface area contributed by atoms with Crippen molar-refractivity contribution in [1.82, 2.24) is 4.98 Å². The molecular weight excluding hydrogens is 306 g/mol.